The van der Waals surface area contributed by atoms with Gasteiger partial charge in [0.2, 0.25) is 0 Å². The number of benzene rings is 4. The lowest BCUT2D eigenvalue weighted by molar-refractivity contribution is 0.829. The van der Waals surface area contributed by atoms with E-state index >= 15 is 0 Å². The first-order valence-electron chi connectivity index (χ1n) is 8.20. The molecular weight excluding hydrogens is 278 g/mol. The van der Waals surface area contributed by atoms with E-state index in [1.54, 1.807) is 0 Å². The number of nitrogens with zero attached hydrogens (tertiary/aromatic N) is 1. The second kappa shape index (κ2) is 4.60. The fourth-order valence-corrected chi connectivity index (χ4v) is 3.97. The van der Waals surface area contributed by atoms with Crippen LogP contribution < -0.4 is 0 Å². The van der Waals surface area contributed by atoms with Crippen LogP contribution in [-0.4, -0.2) is 4.57 Å². The summed E-state index contributed by atoms with van der Waals surface area (Å²) in [6, 6.07) is 26.5. The summed E-state index contributed by atoms with van der Waals surface area (Å²) in [7, 11) is 0. The van der Waals surface area contributed by atoms with E-state index in [9.17, 15) is 0 Å². The van der Waals surface area contributed by atoms with Crippen LogP contribution in [0.15, 0.2) is 72.8 Å². The van der Waals surface area contributed by atoms with E-state index in [-0.39, 0.29) is 0 Å². The summed E-state index contributed by atoms with van der Waals surface area (Å²) in [5.41, 5.74) is 2.68. The molecular formula is C22H17N. The molecule has 5 aromatic rings. The summed E-state index contributed by atoms with van der Waals surface area (Å²) < 4.78 is 2.45. The van der Waals surface area contributed by atoms with E-state index in [0.717, 1.165) is 6.54 Å². The molecule has 1 heterocycles. The van der Waals surface area contributed by atoms with Crippen molar-refractivity contribution in [3.05, 3.63) is 72.8 Å². The fraction of sp³-hybridized carbons (Fsp3) is 0.0909. The highest BCUT2D eigenvalue weighted by Crippen LogP contribution is 2.36. The smallest absolute Gasteiger partial charge is 0.0571 e. The molecule has 1 heteroatoms. The van der Waals surface area contributed by atoms with Crippen LogP contribution in [0.1, 0.15) is 6.92 Å². The lowest BCUT2D eigenvalue weighted by Crippen LogP contribution is -1.93. The molecule has 0 saturated heterocycles. The van der Waals surface area contributed by atoms with Crippen molar-refractivity contribution >= 4 is 43.4 Å². The van der Waals surface area contributed by atoms with Crippen molar-refractivity contribution < 1.29 is 0 Å². The molecule has 0 bridgehead atoms. The van der Waals surface area contributed by atoms with E-state index in [0.29, 0.717) is 0 Å². The molecule has 1 nitrogen and oxygen atoms in total. The van der Waals surface area contributed by atoms with Gasteiger partial charge in [-0.15, -0.1) is 0 Å². The first kappa shape index (κ1) is 12.7. The summed E-state index contributed by atoms with van der Waals surface area (Å²) >= 11 is 0. The monoisotopic (exact) mass is 295 g/mol. The fourth-order valence-electron chi connectivity index (χ4n) is 3.97. The van der Waals surface area contributed by atoms with Gasteiger partial charge in [0.05, 0.1) is 5.52 Å². The maximum absolute atomic E-state index is 2.45. The molecule has 0 aliphatic rings. The highest BCUT2D eigenvalue weighted by atomic mass is 15.0. The largest absolute Gasteiger partial charge is 0.340 e. The molecule has 0 atom stereocenters. The van der Waals surface area contributed by atoms with Gasteiger partial charge >= 0.3 is 0 Å². The number of para-hydroxylation sites is 1. The number of aromatic nitrogens is 1. The molecule has 110 valence electrons. The molecule has 0 spiro atoms. The van der Waals surface area contributed by atoms with Gasteiger partial charge in [0.15, 0.2) is 0 Å². The van der Waals surface area contributed by atoms with Gasteiger partial charge in [-0.2, -0.15) is 0 Å². The predicted octanol–water partition coefficient (Wildman–Crippen LogP) is 6.12. The van der Waals surface area contributed by atoms with Crippen molar-refractivity contribution in [1.82, 2.24) is 4.57 Å². The lowest BCUT2D eigenvalue weighted by atomic mass is 9.99. The molecule has 0 saturated carbocycles. The number of rotatable bonds is 1. The maximum Gasteiger partial charge on any atom is 0.0571 e. The zero-order valence-corrected chi connectivity index (χ0v) is 13.1. The van der Waals surface area contributed by atoms with Crippen molar-refractivity contribution in [2.45, 2.75) is 13.5 Å². The third-order valence-corrected chi connectivity index (χ3v) is 4.97. The minimum atomic E-state index is 0.982. The molecule has 0 amide bonds. The van der Waals surface area contributed by atoms with Crippen LogP contribution in [0.3, 0.4) is 0 Å². The molecule has 5 rings (SSSR count). The van der Waals surface area contributed by atoms with Crippen molar-refractivity contribution in [3.63, 3.8) is 0 Å². The summed E-state index contributed by atoms with van der Waals surface area (Å²) in [5.74, 6) is 0. The molecule has 0 N–H and O–H groups in total. The molecule has 0 aliphatic carbocycles. The summed E-state index contributed by atoms with van der Waals surface area (Å²) in [6.07, 6.45) is 0. The van der Waals surface area contributed by atoms with Gasteiger partial charge in [-0.05, 0) is 29.1 Å². The van der Waals surface area contributed by atoms with E-state index in [4.69, 9.17) is 0 Å². The van der Waals surface area contributed by atoms with Crippen LogP contribution in [0.25, 0.3) is 43.4 Å². The number of hydrogen-bond donors (Lipinski definition) is 0. The Balaban J connectivity index is 2.10. The highest BCUT2D eigenvalue weighted by molar-refractivity contribution is 6.22. The Morgan fingerprint density at radius 3 is 2.13 bits per heavy atom. The average Bonchev–Trinajstić information content (AvgIpc) is 2.95. The average molecular weight is 295 g/mol. The zero-order chi connectivity index (χ0) is 15.4. The molecule has 23 heavy (non-hydrogen) atoms. The Hall–Kier alpha value is -2.80. The van der Waals surface area contributed by atoms with Gasteiger partial charge in [-0.3, -0.25) is 0 Å². The first-order chi connectivity index (χ1) is 11.4. The molecule has 0 unspecified atom stereocenters. The van der Waals surface area contributed by atoms with Gasteiger partial charge in [0, 0.05) is 28.2 Å². The van der Waals surface area contributed by atoms with Crippen molar-refractivity contribution in [2.75, 3.05) is 0 Å². The molecule has 4 aromatic carbocycles. The van der Waals surface area contributed by atoms with E-state index < -0.39 is 0 Å². The summed E-state index contributed by atoms with van der Waals surface area (Å²) in [6.45, 7) is 3.21. The third-order valence-electron chi connectivity index (χ3n) is 4.97. The Morgan fingerprint density at radius 1 is 0.609 bits per heavy atom. The lowest BCUT2D eigenvalue weighted by Gasteiger charge is -2.08. The second-order valence-electron chi connectivity index (χ2n) is 6.10. The van der Waals surface area contributed by atoms with Gasteiger partial charge in [0.25, 0.3) is 0 Å². The zero-order valence-electron chi connectivity index (χ0n) is 13.1. The van der Waals surface area contributed by atoms with Crippen LogP contribution in [0.4, 0.5) is 0 Å². The van der Waals surface area contributed by atoms with Crippen LogP contribution in [0.2, 0.25) is 0 Å². The van der Waals surface area contributed by atoms with E-state index in [1.807, 2.05) is 0 Å². The SMILES string of the molecule is CCn1c2ccccc2c2ccc3c4ccccc4ccc3c21. The minimum absolute atomic E-state index is 0.982. The van der Waals surface area contributed by atoms with Crippen LogP contribution in [-0.2, 0) is 6.54 Å². The Labute approximate surface area is 134 Å². The quantitative estimate of drug-likeness (QED) is 0.328. The van der Waals surface area contributed by atoms with Crippen LogP contribution in [0, 0.1) is 0 Å². The Bertz CT molecular complexity index is 1190. The topological polar surface area (TPSA) is 4.93 Å². The summed E-state index contributed by atoms with van der Waals surface area (Å²) in [4.78, 5) is 0. The molecule has 0 radical (unpaired) electrons. The summed E-state index contributed by atoms with van der Waals surface area (Å²) in [5, 5.41) is 8.02. The van der Waals surface area contributed by atoms with Gasteiger partial charge < -0.3 is 4.57 Å². The number of aryl methyl sites for hydroxylation is 1. The van der Waals surface area contributed by atoms with Gasteiger partial charge in [-0.1, -0.05) is 66.7 Å². The predicted molar refractivity (Wildman–Crippen MR) is 100 cm³/mol. The Morgan fingerprint density at radius 2 is 1.26 bits per heavy atom. The third kappa shape index (κ3) is 1.62. The molecule has 1 aromatic heterocycles. The van der Waals surface area contributed by atoms with E-state index in [1.165, 1.54) is 43.4 Å². The second-order valence-corrected chi connectivity index (χ2v) is 6.10. The van der Waals surface area contributed by atoms with Crippen molar-refractivity contribution in [3.8, 4) is 0 Å². The van der Waals surface area contributed by atoms with Crippen LogP contribution >= 0.6 is 0 Å². The van der Waals surface area contributed by atoms with Crippen molar-refractivity contribution in [2.24, 2.45) is 0 Å². The number of fused-ring (bicyclic) bond motifs is 7. The van der Waals surface area contributed by atoms with Gasteiger partial charge in [0.1, 0.15) is 0 Å². The first-order valence-corrected chi connectivity index (χ1v) is 8.20. The standard InChI is InChI=1S/C22H17N/c1-2-23-21-10-6-5-9-18(21)20-14-13-17-16-8-4-3-7-15(16)11-12-19(17)22(20)23/h3-14H,2H2,1H3. The minimum Gasteiger partial charge on any atom is -0.340 e. The highest BCUT2D eigenvalue weighted by Gasteiger charge is 2.12. The van der Waals surface area contributed by atoms with Crippen LogP contribution in [0.5, 0.6) is 0 Å². The van der Waals surface area contributed by atoms with Crippen molar-refractivity contribution in [1.29, 1.82) is 0 Å². The molecule has 0 aliphatic heterocycles. The Kier molecular flexibility index (Phi) is 2.54. The van der Waals surface area contributed by atoms with E-state index in [2.05, 4.69) is 84.3 Å². The normalized spacial score (nSPS) is 11.9. The molecule has 0 fully saturated rings. The number of hydrogen-bond acceptors (Lipinski definition) is 0. The van der Waals surface area contributed by atoms with Gasteiger partial charge in [-0.25, -0.2) is 0 Å². The maximum atomic E-state index is 2.45.